The summed E-state index contributed by atoms with van der Waals surface area (Å²) in [6, 6.07) is 14.8. The molecule has 2 aromatic carbocycles. The molecule has 1 aliphatic rings. The van der Waals surface area contributed by atoms with Crippen LogP contribution in [0, 0.1) is 5.92 Å². The first-order chi connectivity index (χ1) is 13.1. The first-order valence-electron chi connectivity index (χ1n) is 10.5. The van der Waals surface area contributed by atoms with Crippen molar-refractivity contribution in [3.05, 3.63) is 58.1 Å². The molecule has 0 aromatic heterocycles. The van der Waals surface area contributed by atoms with E-state index in [1.165, 1.54) is 62.5 Å². The van der Waals surface area contributed by atoms with E-state index in [1.807, 2.05) is 24.3 Å². The van der Waals surface area contributed by atoms with E-state index < -0.39 is 0 Å². The molecule has 2 aromatic rings. The maximum absolute atomic E-state index is 11.5. The zero-order chi connectivity index (χ0) is 19.2. The number of Topliss-reactive ketones (excluding diaryl/α,β-unsaturated/α-hetero) is 1. The maximum atomic E-state index is 11.5. The van der Waals surface area contributed by atoms with Crippen molar-refractivity contribution in [2.75, 3.05) is 0 Å². The van der Waals surface area contributed by atoms with Crippen LogP contribution in [0.2, 0.25) is 0 Å². The van der Waals surface area contributed by atoms with Crippen molar-refractivity contribution in [1.82, 2.24) is 0 Å². The fourth-order valence-electron chi connectivity index (χ4n) is 4.44. The van der Waals surface area contributed by atoms with Crippen molar-refractivity contribution in [1.29, 1.82) is 0 Å². The third-order valence-corrected chi connectivity index (χ3v) is 6.72. The Balaban J connectivity index is 1.71. The van der Waals surface area contributed by atoms with E-state index >= 15 is 0 Å². The van der Waals surface area contributed by atoms with Gasteiger partial charge in [-0.15, -0.1) is 0 Å². The standard InChI is InChI=1S/C25H31BrO/c1-3-4-5-7-19-8-6-9-22(16-19)23-14-15-24(25(26)17-23)21-12-10-20(11-13-21)18(2)27/h10-15,17,19,22H,3-9,16H2,1-2H3. The molecule has 27 heavy (non-hydrogen) atoms. The predicted octanol–water partition coefficient (Wildman–Crippen LogP) is 8.17. The molecule has 2 atom stereocenters. The second kappa shape index (κ2) is 9.68. The average molecular weight is 427 g/mol. The molecule has 0 saturated heterocycles. The Hall–Kier alpha value is -1.41. The number of carbonyl (C=O) groups is 1. The van der Waals surface area contributed by atoms with Crippen LogP contribution < -0.4 is 0 Å². The van der Waals surface area contributed by atoms with Crippen LogP contribution in [0.3, 0.4) is 0 Å². The summed E-state index contributed by atoms with van der Waals surface area (Å²) in [7, 11) is 0. The summed E-state index contributed by atoms with van der Waals surface area (Å²) in [5, 5.41) is 0. The summed E-state index contributed by atoms with van der Waals surface area (Å²) in [5.74, 6) is 1.73. The highest BCUT2D eigenvalue weighted by Gasteiger charge is 2.23. The molecule has 0 amide bonds. The lowest BCUT2D eigenvalue weighted by Gasteiger charge is -2.30. The van der Waals surface area contributed by atoms with Gasteiger partial charge in [-0.1, -0.05) is 97.8 Å². The lowest BCUT2D eigenvalue weighted by Crippen LogP contribution is -2.14. The Morgan fingerprint density at radius 2 is 1.85 bits per heavy atom. The van der Waals surface area contributed by atoms with Crippen LogP contribution in [0.15, 0.2) is 46.9 Å². The molecule has 2 heteroatoms. The van der Waals surface area contributed by atoms with E-state index in [9.17, 15) is 4.79 Å². The largest absolute Gasteiger partial charge is 0.295 e. The number of hydrogen-bond donors (Lipinski definition) is 0. The number of halogens is 1. The average Bonchev–Trinajstić information content (AvgIpc) is 2.68. The van der Waals surface area contributed by atoms with E-state index in [0.717, 1.165) is 21.5 Å². The van der Waals surface area contributed by atoms with Crippen LogP contribution in [0.4, 0.5) is 0 Å². The fraction of sp³-hybridized carbons (Fsp3) is 0.480. The highest BCUT2D eigenvalue weighted by molar-refractivity contribution is 9.10. The summed E-state index contributed by atoms with van der Waals surface area (Å²) in [6.07, 6.45) is 11.0. The quantitative estimate of drug-likeness (QED) is 0.322. The van der Waals surface area contributed by atoms with Gasteiger partial charge in [0, 0.05) is 10.0 Å². The SMILES string of the molecule is CCCCCC1CCCC(c2ccc(-c3ccc(C(C)=O)cc3)c(Br)c2)C1. The summed E-state index contributed by atoms with van der Waals surface area (Å²) in [5.41, 5.74) is 4.60. The summed E-state index contributed by atoms with van der Waals surface area (Å²) in [6.45, 7) is 3.90. The molecule has 3 rings (SSSR count). The zero-order valence-electron chi connectivity index (χ0n) is 16.6. The van der Waals surface area contributed by atoms with E-state index in [4.69, 9.17) is 0 Å². The molecule has 1 nitrogen and oxygen atoms in total. The Bertz CT molecular complexity index is 762. The normalized spacial score (nSPS) is 19.8. The van der Waals surface area contributed by atoms with Gasteiger partial charge in [0.2, 0.25) is 0 Å². The zero-order valence-corrected chi connectivity index (χ0v) is 18.2. The van der Waals surface area contributed by atoms with Crippen LogP contribution >= 0.6 is 15.9 Å². The fourth-order valence-corrected chi connectivity index (χ4v) is 5.07. The van der Waals surface area contributed by atoms with E-state index in [0.29, 0.717) is 5.92 Å². The van der Waals surface area contributed by atoms with Gasteiger partial charge < -0.3 is 0 Å². The Kier molecular flexibility index (Phi) is 7.29. The van der Waals surface area contributed by atoms with Crippen LogP contribution in [0.5, 0.6) is 0 Å². The van der Waals surface area contributed by atoms with Crippen LogP contribution in [-0.2, 0) is 0 Å². The van der Waals surface area contributed by atoms with Crippen LogP contribution in [0.1, 0.15) is 87.1 Å². The Morgan fingerprint density at radius 1 is 1.07 bits per heavy atom. The lowest BCUT2D eigenvalue weighted by molar-refractivity contribution is 0.101. The number of rotatable bonds is 7. The number of benzene rings is 2. The molecule has 0 N–H and O–H groups in total. The number of unbranched alkanes of at least 4 members (excludes halogenated alkanes) is 2. The van der Waals surface area contributed by atoms with Crippen molar-refractivity contribution in [2.45, 2.75) is 71.1 Å². The molecule has 2 unspecified atom stereocenters. The van der Waals surface area contributed by atoms with Gasteiger partial charge in [-0.05, 0) is 54.4 Å². The van der Waals surface area contributed by atoms with Crippen molar-refractivity contribution in [3.63, 3.8) is 0 Å². The van der Waals surface area contributed by atoms with Crippen molar-refractivity contribution in [3.8, 4) is 11.1 Å². The van der Waals surface area contributed by atoms with E-state index in [2.05, 4.69) is 41.1 Å². The third kappa shape index (κ3) is 5.31. The minimum Gasteiger partial charge on any atom is -0.295 e. The third-order valence-electron chi connectivity index (χ3n) is 6.07. The van der Waals surface area contributed by atoms with E-state index in [1.54, 1.807) is 6.92 Å². The van der Waals surface area contributed by atoms with Gasteiger partial charge in [-0.2, -0.15) is 0 Å². The second-order valence-electron chi connectivity index (χ2n) is 8.10. The summed E-state index contributed by atoms with van der Waals surface area (Å²) < 4.78 is 1.16. The lowest BCUT2D eigenvalue weighted by atomic mass is 9.76. The monoisotopic (exact) mass is 426 g/mol. The van der Waals surface area contributed by atoms with Gasteiger partial charge in [0.1, 0.15) is 0 Å². The minimum atomic E-state index is 0.113. The molecule has 0 bridgehead atoms. The minimum absolute atomic E-state index is 0.113. The van der Waals surface area contributed by atoms with Crippen LogP contribution in [0.25, 0.3) is 11.1 Å². The molecule has 1 saturated carbocycles. The van der Waals surface area contributed by atoms with Crippen molar-refractivity contribution >= 4 is 21.7 Å². The molecule has 1 aliphatic carbocycles. The first kappa shape index (κ1) is 20.3. The van der Waals surface area contributed by atoms with Gasteiger partial charge >= 0.3 is 0 Å². The molecule has 1 fully saturated rings. The molecule has 0 heterocycles. The topological polar surface area (TPSA) is 17.1 Å². The Morgan fingerprint density at radius 3 is 2.52 bits per heavy atom. The smallest absolute Gasteiger partial charge is 0.159 e. The van der Waals surface area contributed by atoms with Gasteiger partial charge in [0.25, 0.3) is 0 Å². The molecule has 0 radical (unpaired) electrons. The Labute approximate surface area is 172 Å². The highest BCUT2D eigenvalue weighted by atomic mass is 79.9. The van der Waals surface area contributed by atoms with Crippen LogP contribution in [-0.4, -0.2) is 5.78 Å². The second-order valence-corrected chi connectivity index (χ2v) is 8.95. The van der Waals surface area contributed by atoms with Crippen molar-refractivity contribution < 1.29 is 4.79 Å². The summed E-state index contributed by atoms with van der Waals surface area (Å²) >= 11 is 3.80. The first-order valence-corrected chi connectivity index (χ1v) is 11.3. The highest BCUT2D eigenvalue weighted by Crippen LogP contribution is 2.40. The molecule has 144 valence electrons. The maximum Gasteiger partial charge on any atom is 0.159 e. The number of ketones is 1. The number of carbonyl (C=O) groups excluding carboxylic acids is 1. The molecule has 0 spiro atoms. The number of hydrogen-bond acceptors (Lipinski definition) is 1. The molecular formula is C25H31BrO. The van der Waals surface area contributed by atoms with Gasteiger partial charge in [-0.3, -0.25) is 4.79 Å². The van der Waals surface area contributed by atoms with Gasteiger partial charge in [0.05, 0.1) is 0 Å². The van der Waals surface area contributed by atoms with Crippen molar-refractivity contribution in [2.24, 2.45) is 5.92 Å². The molecular weight excluding hydrogens is 396 g/mol. The molecule has 0 aliphatic heterocycles. The summed E-state index contributed by atoms with van der Waals surface area (Å²) in [4.78, 5) is 11.5. The van der Waals surface area contributed by atoms with Gasteiger partial charge in [0.15, 0.2) is 5.78 Å². The van der Waals surface area contributed by atoms with Gasteiger partial charge in [-0.25, -0.2) is 0 Å². The predicted molar refractivity (Wildman–Crippen MR) is 118 cm³/mol. The van der Waals surface area contributed by atoms with E-state index in [-0.39, 0.29) is 5.78 Å².